The topological polar surface area (TPSA) is 54.5 Å². The van der Waals surface area contributed by atoms with Crippen molar-refractivity contribution in [2.45, 2.75) is 25.9 Å². The smallest absolute Gasteiger partial charge is 0.387 e. The van der Waals surface area contributed by atoms with Gasteiger partial charge in [0.15, 0.2) is 0 Å². The van der Waals surface area contributed by atoms with E-state index in [1.165, 1.54) is 12.1 Å². The summed E-state index contributed by atoms with van der Waals surface area (Å²) >= 11 is 0. The number of benzene rings is 1. The van der Waals surface area contributed by atoms with Gasteiger partial charge in [-0.3, -0.25) is 4.79 Å². The van der Waals surface area contributed by atoms with E-state index >= 15 is 0 Å². The molecule has 0 atom stereocenters. The molecule has 1 amide bonds. The van der Waals surface area contributed by atoms with Crippen molar-refractivity contribution < 1.29 is 18.3 Å². The molecule has 0 unspecified atom stereocenters. The van der Waals surface area contributed by atoms with E-state index in [1.807, 2.05) is 17.0 Å². The fraction of sp³-hybridized carbons (Fsp3) is 0.412. The Hall–Kier alpha value is -2.44. The lowest BCUT2D eigenvalue weighted by molar-refractivity contribution is -0.127. The van der Waals surface area contributed by atoms with Gasteiger partial charge in [-0.05, 0) is 37.1 Å². The first-order valence-corrected chi connectivity index (χ1v) is 7.99. The Morgan fingerprint density at radius 3 is 2.88 bits per heavy atom. The van der Waals surface area contributed by atoms with Crippen LogP contribution in [-0.4, -0.2) is 42.0 Å². The number of likely N-dealkylation sites (tertiary alicyclic amines) is 1. The minimum absolute atomic E-state index is 0.0923. The van der Waals surface area contributed by atoms with Crippen LogP contribution in [0.5, 0.6) is 5.75 Å². The lowest BCUT2D eigenvalue weighted by Gasteiger charge is -2.15. The molecule has 1 saturated heterocycles. The average molecular weight is 335 g/mol. The molecule has 3 rings (SSSR count). The number of anilines is 1. The van der Waals surface area contributed by atoms with Crippen molar-refractivity contribution in [1.29, 1.82) is 0 Å². The third kappa shape index (κ3) is 4.10. The van der Waals surface area contributed by atoms with Crippen LogP contribution in [0, 0.1) is 0 Å². The van der Waals surface area contributed by atoms with Crippen LogP contribution < -0.4 is 10.1 Å². The molecule has 0 bridgehead atoms. The number of halogens is 2. The van der Waals surface area contributed by atoms with Gasteiger partial charge in [-0.15, -0.1) is 0 Å². The molecule has 24 heavy (non-hydrogen) atoms. The van der Waals surface area contributed by atoms with Gasteiger partial charge < -0.3 is 15.0 Å². The number of rotatable bonds is 7. The van der Waals surface area contributed by atoms with Crippen molar-refractivity contribution in [3.63, 3.8) is 0 Å². The predicted molar refractivity (Wildman–Crippen MR) is 87.3 cm³/mol. The van der Waals surface area contributed by atoms with Gasteiger partial charge in [0.05, 0.1) is 5.52 Å². The van der Waals surface area contributed by atoms with E-state index in [4.69, 9.17) is 0 Å². The monoisotopic (exact) mass is 335 g/mol. The highest BCUT2D eigenvalue weighted by Crippen LogP contribution is 2.22. The molecule has 0 spiro atoms. The Labute approximate surface area is 138 Å². The maximum Gasteiger partial charge on any atom is 0.387 e. The number of carbonyl (C=O) groups excluding carboxylic acids is 1. The van der Waals surface area contributed by atoms with E-state index in [-0.39, 0.29) is 11.7 Å². The molecule has 0 radical (unpaired) electrons. The van der Waals surface area contributed by atoms with Crippen molar-refractivity contribution >= 4 is 22.6 Å². The van der Waals surface area contributed by atoms with E-state index in [1.54, 1.807) is 6.07 Å². The van der Waals surface area contributed by atoms with E-state index < -0.39 is 6.61 Å². The van der Waals surface area contributed by atoms with Gasteiger partial charge in [-0.2, -0.15) is 8.78 Å². The maximum absolute atomic E-state index is 12.3. The number of alkyl halides is 2. The zero-order chi connectivity index (χ0) is 16.9. The summed E-state index contributed by atoms with van der Waals surface area (Å²) < 4.78 is 29.0. The Morgan fingerprint density at radius 2 is 2.12 bits per heavy atom. The van der Waals surface area contributed by atoms with Crippen LogP contribution >= 0.6 is 0 Å². The lowest BCUT2D eigenvalue weighted by Crippen LogP contribution is -2.27. The Kier molecular flexibility index (Phi) is 5.08. The molecular weight excluding hydrogens is 316 g/mol. The molecule has 2 aromatic rings. The number of nitrogens with one attached hydrogen (secondary N) is 1. The highest BCUT2D eigenvalue weighted by Gasteiger charge is 2.18. The van der Waals surface area contributed by atoms with Crippen LogP contribution in [0.2, 0.25) is 0 Å². The number of ether oxygens (including phenoxy) is 1. The van der Waals surface area contributed by atoms with Gasteiger partial charge in [-0.25, -0.2) is 4.98 Å². The second-order valence-electron chi connectivity index (χ2n) is 5.69. The van der Waals surface area contributed by atoms with Gasteiger partial charge in [0, 0.05) is 37.5 Å². The number of hydrogen-bond donors (Lipinski definition) is 1. The molecule has 5 nitrogen and oxygen atoms in total. The highest BCUT2D eigenvalue weighted by atomic mass is 19.3. The molecule has 1 fully saturated rings. The fourth-order valence-electron chi connectivity index (χ4n) is 2.80. The summed E-state index contributed by atoms with van der Waals surface area (Å²) in [5.41, 5.74) is 0.591. The summed E-state index contributed by atoms with van der Waals surface area (Å²) in [4.78, 5) is 17.8. The summed E-state index contributed by atoms with van der Waals surface area (Å²) in [6.07, 6.45) is 2.43. The van der Waals surface area contributed by atoms with Gasteiger partial charge in [-0.1, -0.05) is 0 Å². The molecule has 1 aromatic heterocycles. The third-order valence-electron chi connectivity index (χ3n) is 3.97. The van der Waals surface area contributed by atoms with E-state index in [0.29, 0.717) is 24.3 Å². The number of pyridine rings is 1. The zero-order valence-corrected chi connectivity index (χ0v) is 13.2. The molecule has 7 heteroatoms. The first-order valence-electron chi connectivity index (χ1n) is 7.99. The van der Waals surface area contributed by atoms with Gasteiger partial charge >= 0.3 is 6.61 Å². The molecule has 1 aliphatic rings. The number of fused-ring (bicyclic) bond motifs is 1. The Balaban J connectivity index is 1.57. The van der Waals surface area contributed by atoms with E-state index in [9.17, 15) is 13.6 Å². The summed E-state index contributed by atoms with van der Waals surface area (Å²) in [6, 6.07) is 8.41. The quantitative estimate of drug-likeness (QED) is 0.789. The second-order valence-corrected chi connectivity index (χ2v) is 5.69. The van der Waals surface area contributed by atoms with Gasteiger partial charge in [0.2, 0.25) is 5.91 Å². The summed E-state index contributed by atoms with van der Waals surface area (Å²) in [6.45, 7) is -0.571. The van der Waals surface area contributed by atoms with Crippen LogP contribution in [-0.2, 0) is 4.79 Å². The van der Waals surface area contributed by atoms with Gasteiger partial charge in [0.1, 0.15) is 11.6 Å². The Morgan fingerprint density at radius 1 is 1.29 bits per heavy atom. The van der Waals surface area contributed by atoms with Crippen LogP contribution in [0.15, 0.2) is 30.3 Å². The third-order valence-corrected chi connectivity index (χ3v) is 3.97. The molecule has 0 saturated carbocycles. The number of carbonyl (C=O) groups is 1. The average Bonchev–Trinajstić information content (AvgIpc) is 2.96. The van der Waals surface area contributed by atoms with E-state index in [0.717, 1.165) is 31.3 Å². The van der Waals surface area contributed by atoms with Crippen molar-refractivity contribution in [3.05, 3.63) is 30.3 Å². The minimum Gasteiger partial charge on any atom is -0.435 e. The SMILES string of the molecule is O=C1CCCN1CCCNc1ccc2ccc(OC(F)F)cc2n1. The second kappa shape index (κ2) is 7.42. The fourth-order valence-corrected chi connectivity index (χ4v) is 2.80. The summed E-state index contributed by atoms with van der Waals surface area (Å²) in [7, 11) is 0. The molecular formula is C17H19F2N3O2. The van der Waals surface area contributed by atoms with Crippen molar-refractivity contribution in [1.82, 2.24) is 9.88 Å². The minimum atomic E-state index is -2.85. The first kappa shape index (κ1) is 16.4. The molecule has 1 aliphatic heterocycles. The normalized spacial score (nSPS) is 14.6. The van der Waals surface area contributed by atoms with E-state index in [2.05, 4.69) is 15.0 Å². The molecule has 2 heterocycles. The predicted octanol–water partition coefficient (Wildman–Crippen LogP) is 3.26. The Bertz CT molecular complexity index is 724. The standard InChI is InChI=1S/C17H19F2N3O2/c18-17(19)24-13-6-4-12-5-7-15(21-14(12)11-13)20-8-2-10-22-9-1-3-16(22)23/h4-7,11,17H,1-3,8-10H2,(H,20,21). The number of hydrogen-bond acceptors (Lipinski definition) is 4. The largest absolute Gasteiger partial charge is 0.435 e. The van der Waals surface area contributed by atoms with Crippen LogP contribution in [0.4, 0.5) is 14.6 Å². The summed E-state index contributed by atoms with van der Waals surface area (Å²) in [5, 5.41) is 4.05. The molecule has 1 aromatic carbocycles. The number of amides is 1. The van der Waals surface area contributed by atoms with Gasteiger partial charge in [0.25, 0.3) is 0 Å². The molecule has 1 N–H and O–H groups in total. The van der Waals surface area contributed by atoms with Crippen molar-refractivity contribution in [3.8, 4) is 5.75 Å². The van der Waals surface area contributed by atoms with Crippen LogP contribution in [0.1, 0.15) is 19.3 Å². The van der Waals surface area contributed by atoms with Crippen LogP contribution in [0.25, 0.3) is 10.9 Å². The first-order chi connectivity index (χ1) is 11.6. The highest BCUT2D eigenvalue weighted by molar-refractivity contribution is 5.81. The summed E-state index contributed by atoms with van der Waals surface area (Å²) in [5.74, 6) is 0.990. The van der Waals surface area contributed by atoms with Crippen LogP contribution in [0.3, 0.4) is 0 Å². The number of nitrogens with zero attached hydrogens (tertiary/aromatic N) is 2. The maximum atomic E-state index is 12.3. The number of aromatic nitrogens is 1. The van der Waals surface area contributed by atoms with Crippen molar-refractivity contribution in [2.24, 2.45) is 0 Å². The van der Waals surface area contributed by atoms with Crippen molar-refractivity contribution in [2.75, 3.05) is 25.0 Å². The lowest BCUT2D eigenvalue weighted by atomic mass is 10.2. The molecule has 128 valence electrons. The zero-order valence-electron chi connectivity index (χ0n) is 13.2. The molecule has 0 aliphatic carbocycles.